The smallest absolute Gasteiger partial charge is 0.117 e. The van der Waals surface area contributed by atoms with Crippen LogP contribution in [0.5, 0.6) is 0 Å². The normalized spacial score (nSPS) is 21.7. The van der Waals surface area contributed by atoms with Crippen molar-refractivity contribution in [2.45, 2.75) is 116 Å². The first kappa shape index (κ1) is 36.8. The summed E-state index contributed by atoms with van der Waals surface area (Å²) in [6.07, 6.45) is 7.77. The molecule has 0 bridgehead atoms. The van der Waals surface area contributed by atoms with Crippen molar-refractivity contribution >= 4 is 27.1 Å². The van der Waals surface area contributed by atoms with Crippen LogP contribution in [-0.4, -0.2) is 71.5 Å². The topological polar surface area (TPSA) is 49.4 Å². The lowest BCUT2D eigenvalue weighted by Crippen LogP contribution is -2.58. The van der Waals surface area contributed by atoms with Crippen molar-refractivity contribution in [2.75, 3.05) is 52.0 Å². The van der Waals surface area contributed by atoms with Crippen LogP contribution in [0, 0.1) is 0 Å². The van der Waals surface area contributed by atoms with Crippen LogP contribution in [0.2, 0.25) is 0 Å². The van der Waals surface area contributed by atoms with Crippen LogP contribution in [-0.2, 0) is 30.1 Å². The molecule has 0 spiro atoms. The van der Waals surface area contributed by atoms with Crippen molar-refractivity contribution in [1.29, 1.82) is 0 Å². The van der Waals surface area contributed by atoms with Crippen LogP contribution < -0.4 is 4.90 Å². The summed E-state index contributed by atoms with van der Waals surface area (Å²) in [5, 5.41) is 1.31. The summed E-state index contributed by atoms with van der Waals surface area (Å²) in [4.78, 5) is 3.55. The average Bonchev–Trinajstić information content (AvgIpc) is 3.47. The van der Waals surface area contributed by atoms with Crippen molar-refractivity contribution in [3.05, 3.63) is 64.5 Å². The fourth-order valence-electron chi connectivity index (χ4n) is 6.08. The lowest BCUT2D eigenvalue weighted by Gasteiger charge is -2.47. The fourth-order valence-corrected chi connectivity index (χ4v) is 7.18. The second-order valence-electron chi connectivity index (χ2n) is 12.8. The standard InChI is InChI=1S/C39H59NO5S/c1-7-11-21-41-28-34-37(42-22-12-8-2)39(44-24-14-10-4)38(43-23-13-9-3)36(45-34)32-26-29(19-20-33(32)40(5)6)25-31-27-30-17-15-16-18-35(30)46-31/h15-20,26-27,34,36-39H,7-14,21-25,28H2,1-6H3/t34-,36+,37-,38+,39+/m1/s1. The van der Waals surface area contributed by atoms with Crippen molar-refractivity contribution in [3.8, 4) is 0 Å². The van der Waals surface area contributed by atoms with E-state index in [9.17, 15) is 0 Å². The third-order valence-corrected chi connectivity index (χ3v) is 9.83. The Hall–Kier alpha value is -2.00. The Morgan fingerprint density at radius 1 is 0.717 bits per heavy atom. The highest BCUT2D eigenvalue weighted by Gasteiger charge is 2.49. The second-order valence-corrected chi connectivity index (χ2v) is 14.0. The Kier molecular flexibility index (Phi) is 15.8. The van der Waals surface area contributed by atoms with Gasteiger partial charge in [0.25, 0.3) is 0 Å². The molecule has 7 heteroatoms. The molecule has 1 fully saturated rings. The predicted molar refractivity (Wildman–Crippen MR) is 193 cm³/mol. The maximum absolute atomic E-state index is 7.14. The van der Waals surface area contributed by atoms with Gasteiger partial charge in [0.1, 0.15) is 30.5 Å². The molecule has 2 heterocycles. The van der Waals surface area contributed by atoms with E-state index in [4.69, 9.17) is 23.7 Å². The average molecular weight is 654 g/mol. The van der Waals surface area contributed by atoms with Gasteiger partial charge in [0, 0.05) is 67.8 Å². The first-order valence-electron chi connectivity index (χ1n) is 17.9. The molecule has 1 aromatic heterocycles. The summed E-state index contributed by atoms with van der Waals surface area (Å²) < 4.78 is 34.9. The molecule has 3 aromatic rings. The Morgan fingerprint density at radius 2 is 1.35 bits per heavy atom. The Morgan fingerprint density at radius 3 is 2.00 bits per heavy atom. The maximum atomic E-state index is 7.14. The predicted octanol–water partition coefficient (Wildman–Crippen LogP) is 9.37. The van der Waals surface area contributed by atoms with Gasteiger partial charge in [-0.25, -0.2) is 0 Å². The largest absolute Gasteiger partial charge is 0.379 e. The van der Waals surface area contributed by atoms with Gasteiger partial charge < -0.3 is 28.6 Å². The number of rotatable bonds is 21. The molecule has 0 amide bonds. The quantitative estimate of drug-likeness (QED) is 0.107. The van der Waals surface area contributed by atoms with Gasteiger partial charge in [-0.15, -0.1) is 11.3 Å². The molecule has 0 radical (unpaired) electrons. The van der Waals surface area contributed by atoms with E-state index in [1.165, 1.54) is 20.5 Å². The molecule has 256 valence electrons. The monoisotopic (exact) mass is 653 g/mol. The van der Waals surface area contributed by atoms with Gasteiger partial charge in [-0.1, -0.05) is 83.7 Å². The van der Waals surface area contributed by atoms with Gasteiger partial charge >= 0.3 is 0 Å². The zero-order valence-corrected chi connectivity index (χ0v) is 30.1. The first-order valence-corrected chi connectivity index (χ1v) is 18.7. The number of nitrogens with zero attached hydrogens (tertiary/aromatic N) is 1. The van der Waals surface area contributed by atoms with Crippen LogP contribution in [0.25, 0.3) is 10.1 Å². The minimum atomic E-state index is -0.325. The highest BCUT2D eigenvalue weighted by atomic mass is 32.1. The van der Waals surface area contributed by atoms with E-state index in [0.717, 1.165) is 69.0 Å². The van der Waals surface area contributed by atoms with Crippen LogP contribution in [0.15, 0.2) is 48.5 Å². The number of hydrogen-bond acceptors (Lipinski definition) is 7. The number of ether oxygens (including phenoxy) is 5. The van der Waals surface area contributed by atoms with Crippen LogP contribution in [0.1, 0.15) is 101 Å². The Balaban J connectivity index is 1.74. The summed E-state index contributed by atoms with van der Waals surface area (Å²) in [6, 6.07) is 17.8. The second kappa shape index (κ2) is 19.7. The third kappa shape index (κ3) is 10.2. The summed E-state index contributed by atoms with van der Waals surface area (Å²) in [5.41, 5.74) is 3.54. The number of anilines is 1. The Labute approximate surface area is 282 Å². The zero-order valence-electron chi connectivity index (χ0n) is 29.3. The third-order valence-electron chi connectivity index (χ3n) is 8.72. The molecule has 0 aliphatic carbocycles. The highest BCUT2D eigenvalue weighted by molar-refractivity contribution is 7.19. The fraction of sp³-hybridized carbons (Fsp3) is 0.641. The Bertz CT molecular complexity index is 1250. The van der Waals surface area contributed by atoms with E-state index in [1.807, 2.05) is 11.3 Å². The number of thiophene rings is 1. The van der Waals surface area contributed by atoms with Gasteiger partial charge in [-0.2, -0.15) is 0 Å². The molecule has 0 unspecified atom stereocenters. The summed E-state index contributed by atoms with van der Waals surface area (Å²) in [6.45, 7) is 12.0. The lowest BCUT2D eigenvalue weighted by atomic mass is 9.88. The van der Waals surface area contributed by atoms with Gasteiger partial charge in [-0.05, 0) is 54.8 Å². The summed E-state index contributed by atoms with van der Waals surface area (Å²) in [7, 11) is 4.22. The highest BCUT2D eigenvalue weighted by Crippen LogP contribution is 2.42. The van der Waals surface area contributed by atoms with E-state index in [2.05, 4.69) is 95.2 Å². The van der Waals surface area contributed by atoms with Crippen molar-refractivity contribution in [2.24, 2.45) is 0 Å². The molecule has 2 aromatic carbocycles. The molecular formula is C39H59NO5S. The number of hydrogen-bond donors (Lipinski definition) is 0. The van der Waals surface area contributed by atoms with Crippen molar-refractivity contribution < 1.29 is 23.7 Å². The number of unbranched alkanes of at least 4 members (excludes halogenated alkanes) is 4. The van der Waals surface area contributed by atoms with Crippen LogP contribution in [0.4, 0.5) is 5.69 Å². The van der Waals surface area contributed by atoms with Crippen LogP contribution >= 0.6 is 11.3 Å². The molecule has 0 saturated carbocycles. The van der Waals surface area contributed by atoms with E-state index in [-0.39, 0.29) is 30.5 Å². The van der Waals surface area contributed by atoms with Crippen molar-refractivity contribution in [1.82, 2.24) is 0 Å². The van der Waals surface area contributed by atoms with E-state index in [1.54, 1.807) is 0 Å². The SMILES string of the molecule is CCCCOC[C@H]1O[C@@H](c2cc(Cc3cc4ccccc4s3)ccc2N(C)C)[C@H](OCCCC)[C@@H](OCCCC)[C@@H]1OCCCC. The zero-order chi connectivity index (χ0) is 32.7. The summed E-state index contributed by atoms with van der Waals surface area (Å²) >= 11 is 1.87. The van der Waals surface area contributed by atoms with Crippen molar-refractivity contribution in [3.63, 3.8) is 0 Å². The van der Waals surface area contributed by atoms with E-state index < -0.39 is 0 Å². The van der Waals surface area contributed by atoms with Gasteiger partial charge in [-0.3, -0.25) is 0 Å². The first-order chi connectivity index (χ1) is 22.5. The maximum Gasteiger partial charge on any atom is 0.117 e. The molecule has 46 heavy (non-hydrogen) atoms. The number of fused-ring (bicyclic) bond motifs is 1. The van der Waals surface area contributed by atoms with E-state index in [0.29, 0.717) is 33.0 Å². The molecule has 6 nitrogen and oxygen atoms in total. The molecule has 0 N–H and O–H groups in total. The molecule has 1 saturated heterocycles. The van der Waals surface area contributed by atoms with E-state index >= 15 is 0 Å². The lowest BCUT2D eigenvalue weighted by molar-refractivity contribution is -0.268. The minimum Gasteiger partial charge on any atom is -0.379 e. The van der Waals surface area contributed by atoms with Gasteiger partial charge in [0.2, 0.25) is 0 Å². The summed E-state index contributed by atoms with van der Waals surface area (Å²) in [5.74, 6) is 0. The molecule has 1 aliphatic rings. The molecule has 4 rings (SSSR count). The van der Waals surface area contributed by atoms with Crippen LogP contribution in [0.3, 0.4) is 0 Å². The van der Waals surface area contributed by atoms with Gasteiger partial charge in [0.05, 0.1) is 6.61 Å². The van der Waals surface area contributed by atoms with Gasteiger partial charge in [0.15, 0.2) is 0 Å². The molecular weight excluding hydrogens is 594 g/mol. The minimum absolute atomic E-state index is 0.264. The molecule has 5 atom stereocenters. The molecule has 1 aliphatic heterocycles. The number of benzene rings is 2.